The number of ether oxygens (including phenoxy) is 2. The molecule has 1 heterocycles. The van der Waals surface area contributed by atoms with E-state index in [0.29, 0.717) is 12.4 Å². The van der Waals surface area contributed by atoms with Gasteiger partial charge in [0.1, 0.15) is 6.07 Å². The molecular formula is C15H17N2O2. The molecule has 1 aliphatic heterocycles. The number of hydrogen-bond acceptors (Lipinski definition) is 4. The minimum Gasteiger partial charge on any atom is -0.493 e. The summed E-state index contributed by atoms with van der Waals surface area (Å²) in [6.07, 6.45) is 3.57. The smallest absolute Gasteiger partial charge is 0.161 e. The predicted molar refractivity (Wildman–Crippen MR) is 72.7 cm³/mol. The monoisotopic (exact) mass is 257 g/mol. The van der Waals surface area contributed by atoms with Gasteiger partial charge < -0.3 is 14.8 Å². The topological polar surface area (TPSA) is 54.3 Å². The highest BCUT2D eigenvalue weighted by Crippen LogP contribution is 2.35. The van der Waals surface area contributed by atoms with Crippen molar-refractivity contribution in [3.63, 3.8) is 0 Å². The second-order valence-corrected chi connectivity index (χ2v) is 4.45. The molecule has 0 bridgehead atoms. The van der Waals surface area contributed by atoms with Crippen LogP contribution >= 0.6 is 0 Å². The van der Waals surface area contributed by atoms with E-state index < -0.39 is 0 Å². The zero-order valence-corrected chi connectivity index (χ0v) is 11.4. The van der Waals surface area contributed by atoms with Gasteiger partial charge in [0.15, 0.2) is 11.5 Å². The first-order chi connectivity index (χ1) is 9.19. The summed E-state index contributed by atoms with van der Waals surface area (Å²) in [5, 5.41) is 12.1. The number of nitrogens with one attached hydrogen (secondary N) is 1. The van der Waals surface area contributed by atoms with Gasteiger partial charge in [-0.1, -0.05) is 0 Å². The molecular weight excluding hydrogens is 240 g/mol. The first-order valence-corrected chi connectivity index (χ1v) is 6.32. The van der Waals surface area contributed by atoms with Crippen molar-refractivity contribution in [2.45, 2.75) is 26.3 Å². The summed E-state index contributed by atoms with van der Waals surface area (Å²) in [6, 6.07) is 6.12. The van der Waals surface area contributed by atoms with Crippen LogP contribution in [-0.2, 0) is 6.42 Å². The Hall–Kier alpha value is -2.15. The number of methoxy groups -OCH3 is 1. The SMILES string of the molecule is CCOc1cc2c(cc1OC)C(=[C]C#N)N[C@@H](C)C2. The standard InChI is InChI=1S/C15H17N2O2/c1-4-19-15-8-11-7-10(2)17-13(5-6-16)12(11)9-14(15)18-3/h8-10,17H,4,7H2,1-3H3/t10-/m0/s1. The summed E-state index contributed by atoms with van der Waals surface area (Å²) in [5.41, 5.74) is 2.82. The fraction of sp³-hybridized carbons (Fsp3) is 0.400. The van der Waals surface area contributed by atoms with Gasteiger partial charge in [0.25, 0.3) is 0 Å². The van der Waals surface area contributed by atoms with E-state index >= 15 is 0 Å². The van der Waals surface area contributed by atoms with Crippen molar-refractivity contribution in [1.82, 2.24) is 5.32 Å². The lowest BCUT2D eigenvalue weighted by atomic mass is 9.93. The largest absolute Gasteiger partial charge is 0.493 e. The first-order valence-electron chi connectivity index (χ1n) is 6.32. The molecule has 0 fully saturated rings. The maximum absolute atomic E-state index is 8.82. The van der Waals surface area contributed by atoms with Crippen LogP contribution in [0.2, 0.25) is 0 Å². The van der Waals surface area contributed by atoms with Crippen LogP contribution in [0, 0.1) is 17.4 Å². The number of fused-ring (bicyclic) bond motifs is 1. The van der Waals surface area contributed by atoms with E-state index in [1.165, 1.54) is 0 Å². The van der Waals surface area contributed by atoms with Crippen LogP contribution in [0.15, 0.2) is 12.1 Å². The summed E-state index contributed by atoms with van der Waals surface area (Å²) in [7, 11) is 1.61. The molecule has 19 heavy (non-hydrogen) atoms. The Balaban J connectivity index is 2.53. The molecule has 0 aliphatic carbocycles. The van der Waals surface area contributed by atoms with E-state index in [1.807, 2.05) is 25.1 Å². The number of nitrogens with zero attached hydrogens (tertiary/aromatic N) is 1. The molecule has 2 rings (SSSR count). The summed E-state index contributed by atoms with van der Waals surface area (Å²) in [5.74, 6) is 1.42. The molecule has 0 amide bonds. The number of rotatable bonds is 3. The van der Waals surface area contributed by atoms with E-state index in [0.717, 1.165) is 29.0 Å². The third-order valence-electron chi connectivity index (χ3n) is 3.06. The number of allylic oxidation sites excluding steroid dienone is 1. The molecule has 99 valence electrons. The van der Waals surface area contributed by atoms with Crippen LogP contribution in [0.5, 0.6) is 11.5 Å². The summed E-state index contributed by atoms with van der Waals surface area (Å²) >= 11 is 0. The number of benzene rings is 1. The normalized spacial score (nSPS) is 19.3. The zero-order valence-electron chi connectivity index (χ0n) is 11.4. The van der Waals surface area contributed by atoms with Crippen LogP contribution in [-0.4, -0.2) is 19.8 Å². The van der Waals surface area contributed by atoms with Gasteiger partial charge in [0.05, 0.1) is 25.5 Å². The Morgan fingerprint density at radius 1 is 1.42 bits per heavy atom. The third kappa shape index (κ3) is 2.65. The van der Waals surface area contributed by atoms with Crippen LogP contribution < -0.4 is 14.8 Å². The Morgan fingerprint density at radius 3 is 2.84 bits per heavy atom. The highest BCUT2D eigenvalue weighted by Gasteiger charge is 2.21. The van der Waals surface area contributed by atoms with Gasteiger partial charge in [-0.3, -0.25) is 0 Å². The average molecular weight is 257 g/mol. The Labute approximate surface area is 113 Å². The molecule has 1 N–H and O–H groups in total. The van der Waals surface area contributed by atoms with Gasteiger partial charge in [0.2, 0.25) is 0 Å². The Kier molecular flexibility index (Phi) is 3.96. The molecule has 1 radical (unpaired) electrons. The van der Waals surface area contributed by atoms with Crippen LogP contribution in [0.3, 0.4) is 0 Å². The molecule has 0 unspecified atom stereocenters. The van der Waals surface area contributed by atoms with E-state index in [1.54, 1.807) is 7.11 Å². The molecule has 1 aromatic rings. The number of nitriles is 1. The minimum atomic E-state index is 0.270. The van der Waals surface area contributed by atoms with Crippen LogP contribution in [0.1, 0.15) is 25.0 Å². The number of hydrogen-bond donors (Lipinski definition) is 1. The van der Waals surface area contributed by atoms with Crippen molar-refractivity contribution in [3.05, 3.63) is 29.3 Å². The van der Waals surface area contributed by atoms with Gasteiger partial charge in [-0.25, -0.2) is 0 Å². The summed E-state index contributed by atoms with van der Waals surface area (Å²) in [4.78, 5) is 0. The fourth-order valence-corrected chi connectivity index (χ4v) is 2.30. The lowest BCUT2D eigenvalue weighted by Gasteiger charge is -2.27. The maximum Gasteiger partial charge on any atom is 0.161 e. The molecule has 4 heteroatoms. The average Bonchev–Trinajstić information content (AvgIpc) is 2.38. The molecule has 0 aromatic heterocycles. The first kappa shape index (κ1) is 13.3. The lowest BCUT2D eigenvalue weighted by molar-refractivity contribution is 0.310. The quantitative estimate of drug-likeness (QED) is 0.844. The molecule has 1 atom stereocenters. The van der Waals surface area contributed by atoms with Gasteiger partial charge in [-0.2, -0.15) is 5.26 Å². The van der Waals surface area contributed by atoms with Crippen molar-refractivity contribution in [1.29, 1.82) is 5.26 Å². The minimum absolute atomic E-state index is 0.270. The molecule has 0 saturated carbocycles. The van der Waals surface area contributed by atoms with E-state index in [9.17, 15) is 0 Å². The van der Waals surface area contributed by atoms with Crippen molar-refractivity contribution >= 4 is 5.70 Å². The lowest BCUT2D eigenvalue weighted by Crippen LogP contribution is -2.32. The zero-order chi connectivity index (χ0) is 13.8. The summed E-state index contributed by atoms with van der Waals surface area (Å²) < 4.78 is 10.9. The predicted octanol–water partition coefficient (Wildman–Crippen LogP) is 2.30. The van der Waals surface area contributed by atoms with Gasteiger partial charge in [-0.05, 0) is 38.0 Å². The Bertz CT molecular complexity index is 544. The second kappa shape index (κ2) is 5.66. The molecule has 4 nitrogen and oxygen atoms in total. The van der Waals surface area contributed by atoms with Gasteiger partial charge in [-0.15, -0.1) is 0 Å². The van der Waals surface area contributed by atoms with Crippen molar-refractivity contribution in [3.8, 4) is 17.6 Å². The highest BCUT2D eigenvalue weighted by molar-refractivity contribution is 5.71. The van der Waals surface area contributed by atoms with Crippen molar-refractivity contribution in [2.75, 3.05) is 13.7 Å². The molecule has 0 saturated heterocycles. The second-order valence-electron chi connectivity index (χ2n) is 4.45. The van der Waals surface area contributed by atoms with E-state index in [2.05, 4.69) is 18.3 Å². The molecule has 1 aliphatic rings. The van der Waals surface area contributed by atoms with E-state index in [4.69, 9.17) is 14.7 Å². The van der Waals surface area contributed by atoms with Gasteiger partial charge >= 0.3 is 0 Å². The fourth-order valence-electron chi connectivity index (χ4n) is 2.30. The van der Waals surface area contributed by atoms with Gasteiger partial charge in [0, 0.05) is 11.6 Å². The maximum atomic E-state index is 8.82. The summed E-state index contributed by atoms with van der Waals surface area (Å²) in [6.45, 7) is 4.61. The molecule has 1 aromatic carbocycles. The third-order valence-corrected chi connectivity index (χ3v) is 3.06. The van der Waals surface area contributed by atoms with Crippen molar-refractivity contribution < 1.29 is 9.47 Å². The van der Waals surface area contributed by atoms with Crippen LogP contribution in [0.4, 0.5) is 0 Å². The highest BCUT2D eigenvalue weighted by atomic mass is 16.5. The molecule has 0 spiro atoms. The van der Waals surface area contributed by atoms with Crippen LogP contribution in [0.25, 0.3) is 5.70 Å². The van der Waals surface area contributed by atoms with Crippen molar-refractivity contribution in [2.24, 2.45) is 0 Å². The van der Waals surface area contributed by atoms with E-state index in [-0.39, 0.29) is 6.04 Å². The Morgan fingerprint density at radius 2 is 2.21 bits per heavy atom.